The highest BCUT2D eigenvalue weighted by molar-refractivity contribution is 6.55. The molecule has 164 valence electrons. The molecule has 0 unspecified atom stereocenters. The second kappa shape index (κ2) is 14.6. The minimum Gasteiger partial charge on any atom is -0.466 e. The van der Waals surface area contributed by atoms with Crippen LogP contribution in [0.1, 0.15) is 71.1 Å². The fourth-order valence-corrected chi connectivity index (χ4v) is 3.73. The van der Waals surface area contributed by atoms with E-state index in [-0.39, 0.29) is 56.1 Å². The van der Waals surface area contributed by atoms with Crippen molar-refractivity contribution in [2.45, 2.75) is 71.1 Å². The number of benzene rings is 1. The number of hydrogen-bond acceptors (Lipinski definition) is 4. The van der Waals surface area contributed by atoms with Crippen LogP contribution in [0.3, 0.4) is 0 Å². The summed E-state index contributed by atoms with van der Waals surface area (Å²) in [7, 11) is 0. The van der Waals surface area contributed by atoms with Crippen LogP contribution in [0, 0.1) is 0 Å². The first kappa shape index (κ1) is 26.6. The number of ether oxygens (including phenoxy) is 2. The maximum Gasteiger partial charge on any atom is 0.311 e. The lowest BCUT2D eigenvalue weighted by molar-refractivity contribution is -0.144. The number of esters is 2. The first-order chi connectivity index (χ1) is 13.8. The molecule has 0 amide bonds. The second-order valence-corrected chi connectivity index (χ2v) is 8.46. The lowest BCUT2D eigenvalue weighted by Gasteiger charge is -2.12. The van der Waals surface area contributed by atoms with Crippen molar-refractivity contribution in [3.63, 3.8) is 0 Å². The molecular formula is C20H25Cl5O4. The summed E-state index contributed by atoms with van der Waals surface area (Å²) in [5.74, 6) is -1.11. The molecule has 29 heavy (non-hydrogen) atoms. The fourth-order valence-electron chi connectivity index (χ4n) is 2.53. The molecule has 0 aliphatic rings. The number of halogens is 5. The molecule has 0 spiro atoms. The maximum absolute atomic E-state index is 12.0. The molecule has 0 saturated carbocycles. The van der Waals surface area contributed by atoms with Gasteiger partial charge in [-0.25, -0.2) is 0 Å². The van der Waals surface area contributed by atoms with Crippen molar-refractivity contribution < 1.29 is 19.1 Å². The standard InChI is InChI=1S/C20H25Cl5O4/c1-2-3-4-5-6-7-8-12-28-13(26)10-9-11-14(27)29-20-18(24)16(22)15(21)17(23)19(20)25/h2-12H2,1H3. The van der Waals surface area contributed by atoms with Gasteiger partial charge < -0.3 is 9.47 Å². The van der Waals surface area contributed by atoms with E-state index in [1.54, 1.807) is 0 Å². The molecule has 0 aromatic heterocycles. The summed E-state index contributed by atoms with van der Waals surface area (Å²) in [6, 6.07) is 0. The number of unbranched alkanes of at least 4 members (excludes halogenated alkanes) is 6. The van der Waals surface area contributed by atoms with Crippen LogP contribution in [-0.4, -0.2) is 18.5 Å². The van der Waals surface area contributed by atoms with Crippen LogP contribution in [-0.2, 0) is 14.3 Å². The Hall–Kier alpha value is -0.390. The van der Waals surface area contributed by atoms with Gasteiger partial charge in [0.2, 0.25) is 0 Å². The summed E-state index contributed by atoms with van der Waals surface area (Å²) in [5, 5.41) is -0.340. The third-order valence-electron chi connectivity index (χ3n) is 4.16. The Morgan fingerprint density at radius 2 is 1.14 bits per heavy atom. The normalized spacial score (nSPS) is 10.8. The van der Waals surface area contributed by atoms with Crippen LogP contribution in [0.25, 0.3) is 0 Å². The van der Waals surface area contributed by atoms with Crippen LogP contribution in [0.4, 0.5) is 0 Å². The van der Waals surface area contributed by atoms with Gasteiger partial charge in [0.1, 0.15) is 10.0 Å². The lowest BCUT2D eigenvalue weighted by Crippen LogP contribution is -2.11. The molecule has 1 aromatic carbocycles. The van der Waals surface area contributed by atoms with Crippen molar-refractivity contribution in [2.24, 2.45) is 0 Å². The molecule has 4 nitrogen and oxygen atoms in total. The van der Waals surface area contributed by atoms with Crippen LogP contribution < -0.4 is 4.74 Å². The molecule has 9 heteroatoms. The molecule has 0 saturated heterocycles. The summed E-state index contributed by atoms with van der Waals surface area (Å²) in [6.07, 6.45) is 8.43. The monoisotopic (exact) mass is 504 g/mol. The third-order valence-corrected chi connectivity index (χ3v) is 6.40. The molecular weight excluding hydrogens is 481 g/mol. The summed E-state index contributed by atoms with van der Waals surface area (Å²) >= 11 is 29.8. The van der Waals surface area contributed by atoms with E-state index in [1.165, 1.54) is 25.7 Å². The lowest BCUT2D eigenvalue weighted by atomic mass is 10.1. The predicted molar refractivity (Wildman–Crippen MR) is 120 cm³/mol. The fraction of sp³-hybridized carbons (Fsp3) is 0.600. The number of carbonyl (C=O) groups is 2. The Morgan fingerprint density at radius 1 is 0.655 bits per heavy atom. The molecule has 0 radical (unpaired) electrons. The first-order valence-corrected chi connectivity index (χ1v) is 11.6. The Morgan fingerprint density at radius 3 is 1.72 bits per heavy atom. The average Bonchev–Trinajstić information content (AvgIpc) is 2.70. The zero-order valence-electron chi connectivity index (χ0n) is 16.3. The topological polar surface area (TPSA) is 52.6 Å². The van der Waals surface area contributed by atoms with Crippen molar-refractivity contribution in [3.05, 3.63) is 25.1 Å². The number of rotatable bonds is 13. The van der Waals surface area contributed by atoms with Crippen molar-refractivity contribution >= 4 is 69.9 Å². The summed E-state index contributed by atoms with van der Waals surface area (Å²) in [4.78, 5) is 23.7. The third kappa shape index (κ3) is 9.52. The summed E-state index contributed by atoms with van der Waals surface area (Å²) in [6.45, 7) is 2.59. The molecule has 0 fully saturated rings. The molecule has 0 aliphatic heterocycles. The van der Waals surface area contributed by atoms with Crippen LogP contribution in [0.5, 0.6) is 5.75 Å². The molecule has 0 bridgehead atoms. The Bertz CT molecular complexity index is 665. The average molecular weight is 507 g/mol. The van der Waals surface area contributed by atoms with E-state index in [0.717, 1.165) is 19.3 Å². The van der Waals surface area contributed by atoms with E-state index in [2.05, 4.69) is 6.92 Å². The summed E-state index contributed by atoms with van der Waals surface area (Å²) < 4.78 is 10.3. The SMILES string of the molecule is CCCCCCCCCOC(=O)CCCC(=O)Oc1c(Cl)c(Cl)c(Cl)c(Cl)c1Cl. The van der Waals surface area contributed by atoms with Gasteiger partial charge in [-0.1, -0.05) is 103 Å². The Kier molecular flexibility index (Phi) is 13.4. The van der Waals surface area contributed by atoms with Gasteiger partial charge in [-0.2, -0.15) is 0 Å². The highest BCUT2D eigenvalue weighted by Gasteiger charge is 2.22. The van der Waals surface area contributed by atoms with Gasteiger partial charge in [0.15, 0.2) is 5.75 Å². The largest absolute Gasteiger partial charge is 0.466 e. The van der Waals surface area contributed by atoms with E-state index >= 15 is 0 Å². The van der Waals surface area contributed by atoms with Crippen molar-refractivity contribution in [1.82, 2.24) is 0 Å². The maximum atomic E-state index is 12.0. The minimum absolute atomic E-state index is 0.0168. The van der Waals surface area contributed by atoms with Gasteiger partial charge >= 0.3 is 11.9 Å². The Balaban J connectivity index is 2.27. The smallest absolute Gasteiger partial charge is 0.311 e. The summed E-state index contributed by atoms with van der Waals surface area (Å²) in [5.41, 5.74) is 0. The molecule has 1 rings (SSSR count). The van der Waals surface area contributed by atoms with Crippen LogP contribution in [0.2, 0.25) is 25.1 Å². The quantitative estimate of drug-likeness (QED) is 0.0887. The highest BCUT2D eigenvalue weighted by Crippen LogP contribution is 2.48. The molecule has 0 atom stereocenters. The molecule has 1 aromatic rings. The van der Waals surface area contributed by atoms with E-state index in [0.29, 0.717) is 6.61 Å². The van der Waals surface area contributed by atoms with Crippen molar-refractivity contribution in [1.29, 1.82) is 0 Å². The number of carbonyl (C=O) groups excluding carboxylic acids is 2. The Labute approximate surface area is 197 Å². The van der Waals surface area contributed by atoms with Gasteiger partial charge in [-0.05, 0) is 12.8 Å². The van der Waals surface area contributed by atoms with Crippen molar-refractivity contribution in [2.75, 3.05) is 6.61 Å². The van der Waals surface area contributed by atoms with Gasteiger partial charge in [0.25, 0.3) is 0 Å². The van der Waals surface area contributed by atoms with E-state index in [4.69, 9.17) is 67.5 Å². The van der Waals surface area contributed by atoms with E-state index in [9.17, 15) is 9.59 Å². The molecule has 0 aliphatic carbocycles. The van der Waals surface area contributed by atoms with Gasteiger partial charge in [-0.3, -0.25) is 9.59 Å². The predicted octanol–water partition coefficient (Wildman–Crippen LogP) is 8.32. The first-order valence-electron chi connectivity index (χ1n) is 9.67. The zero-order valence-corrected chi connectivity index (χ0v) is 20.1. The molecule has 0 heterocycles. The van der Waals surface area contributed by atoms with Gasteiger partial charge in [0, 0.05) is 12.8 Å². The van der Waals surface area contributed by atoms with Crippen LogP contribution >= 0.6 is 58.0 Å². The van der Waals surface area contributed by atoms with E-state index < -0.39 is 5.97 Å². The van der Waals surface area contributed by atoms with Gasteiger partial charge in [0.05, 0.1) is 21.7 Å². The highest BCUT2D eigenvalue weighted by atomic mass is 35.5. The van der Waals surface area contributed by atoms with Crippen LogP contribution in [0.15, 0.2) is 0 Å². The molecule has 0 N–H and O–H groups in total. The van der Waals surface area contributed by atoms with Gasteiger partial charge in [-0.15, -0.1) is 0 Å². The van der Waals surface area contributed by atoms with E-state index in [1.807, 2.05) is 0 Å². The minimum atomic E-state index is -0.622. The second-order valence-electron chi connectivity index (χ2n) is 6.57. The zero-order chi connectivity index (χ0) is 21.8. The van der Waals surface area contributed by atoms with Crippen molar-refractivity contribution in [3.8, 4) is 5.75 Å². The number of hydrogen-bond donors (Lipinski definition) is 0.